The van der Waals surface area contributed by atoms with Gasteiger partial charge in [-0.25, -0.2) is 8.42 Å². The maximum Gasteiger partial charge on any atom is 0.263 e. The Hall–Kier alpha value is -3.20. The van der Waals surface area contributed by atoms with Crippen LogP contribution in [-0.4, -0.2) is 35.5 Å². The van der Waals surface area contributed by atoms with E-state index in [0.717, 1.165) is 0 Å². The average molecular weight is 522 g/mol. The van der Waals surface area contributed by atoms with Crippen LogP contribution in [0.2, 0.25) is 10.0 Å². The first-order chi connectivity index (χ1) is 16.2. The van der Waals surface area contributed by atoms with Crippen LogP contribution >= 0.6 is 23.2 Å². The lowest BCUT2D eigenvalue weighted by Crippen LogP contribution is -2.13. The minimum absolute atomic E-state index is 0.0422. The SMILES string of the molecule is COc1cc(/C=C/C(=O)c2ccc(NS(=O)(=O)c3cc(Cl)ccc3Cl)cc2)cc(OC)c1OC. The smallest absolute Gasteiger partial charge is 0.263 e. The van der Waals surface area contributed by atoms with Crippen molar-refractivity contribution in [3.63, 3.8) is 0 Å². The Morgan fingerprint density at radius 1 is 0.882 bits per heavy atom. The number of rotatable bonds is 9. The molecule has 0 saturated carbocycles. The number of ketones is 1. The van der Waals surface area contributed by atoms with Crippen LogP contribution in [0.3, 0.4) is 0 Å². The predicted molar refractivity (Wildman–Crippen MR) is 133 cm³/mol. The number of nitrogens with one attached hydrogen (secondary N) is 1. The summed E-state index contributed by atoms with van der Waals surface area (Å²) in [7, 11) is 0.555. The number of anilines is 1. The summed E-state index contributed by atoms with van der Waals surface area (Å²) in [5.74, 6) is 1.10. The molecule has 0 aliphatic carbocycles. The van der Waals surface area contributed by atoms with Gasteiger partial charge >= 0.3 is 0 Å². The van der Waals surface area contributed by atoms with E-state index in [2.05, 4.69) is 4.72 Å². The lowest BCUT2D eigenvalue weighted by molar-refractivity contribution is 0.104. The monoisotopic (exact) mass is 521 g/mol. The molecule has 0 unspecified atom stereocenters. The lowest BCUT2D eigenvalue weighted by Gasteiger charge is -2.12. The average Bonchev–Trinajstić information content (AvgIpc) is 2.83. The fourth-order valence-electron chi connectivity index (χ4n) is 3.06. The summed E-state index contributed by atoms with van der Waals surface area (Å²) in [6.45, 7) is 0. The summed E-state index contributed by atoms with van der Waals surface area (Å²) in [6, 6.07) is 13.6. The van der Waals surface area contributed by atoms with Crippen LogP contribution in [0.15, 0.2) is 65.6 Å². The zero-order chi connectivity index (χ0) is 24.9. The molecule has 0 heterocycles. The highest BCUT2D eigenvalue weighted by molar-refractivity contribution is 7.92. The van der Waals surface area contributed by atoms with Crippen molar-refractivity contribution in [1.29, 1.82) is 0 Å². The molecule has 10 heteroatoms. The Labute approximate surface area is 207 Å². The summed E-state index contributed by atoms with van der Waals surface area (Å²) < 4.78 is 43.6. The highest BCUT2D eigenvalue weighted by Crippen LogP contribution is 2.38. The van der Waals surface area contributed by atoms with E-state index in [9.17, 15) is 13.2 Å². The van der Waals surface area contributed by atoms with Gasteiger partial charge in [0.15, 0.2) is 17.3 Å². The molecule has 0 amide bonds. The molecule has 0 spiro atoms. The zero-order valence-corrected chi connectivity index (χ0v) is 20.8. The summed E-state index contributed by atoms with van der Waals surface area (Å²) in [5.41, 5.74) is 1.30. The molecule has 178 valence electrons. The van der Waals surface area contributed by atoms with Gasteiger partial charge in [0.05, 0.1) is 26.4 Å². The van der Waals surface area contributed by atoms with E-state index >= 15 is 0 Å². The van der Waals surface area contributed by atoms with E-state index in [-0.39, 0.29) is 26.4 Å². The van der Waals surface area contributed by atoms with E-state index in [0.29, 0.717) is 28.4 Å². The number of carbonyl (C=O) groups is 1. The molecule has 3 aromatic rings. The quantitative estimate of drug-likeness (QED) is 0.286. The van der Waals surface area contributed by atoms with Crippen molar-refractivity contribution >= 4 is 50.8 Å². The fourth-order valence-corrected chi connectivity index (χ4v) is 4.88. The minimum atomic E-state index is -3.96. The van der Waals surface area contributed by atoms with Crippen molar-refractivity contribution in [2.75, 3.05) is 26.1 Å². The molecule has 0 saturated heterocycles. The van der Waals surface area contributed by atoms with Gasteiger partial charge in [-0.15, -0.1) is 0 Å². The Bertz CT molecular complexity index is 1310. The number of benzene rings is 3. The van der Waals surface area contributed by atoms with Crippen LogP contribution in [0.1, 0.15) is 15.9 Å². The lowest BCUT2D eigenvalue weighted by atomic mass is 10.1. The Morgan fingerprint density at radius 2 is 1.50 bits per heavy atom. The predicted octanol–water partition coefficient (Wildman–Crippen LogP) is 5.72. The number of allylic oxidation sites excluding steroid dienone is 1. The van der Waals surface area contributed by atoms with Gasteiger partial charge in [-0.1, -0.05) is 29.3 Å². The molecule has 0 aliphatic heterocycles. The van der Waals surface area contributed by atoms with Gasteiger partial charge in [0.1, 0.15) is 4.90 Å². The second-order valence-corrected chi connectivity index (χ2v) is 9.41. The molecular weight excluding hydrogens is 501 g/mol. The first kappa shape index (κ1) is 25.4. The van der Waals surface area contributed by atoms with Crippen molar-refractivity contribution in [3.8, 4) is 17.2 Å². The van der Waals surface area contributed by atoms with E-state index in [1.807, 2.05) is 0 Å². The number of hydrogen-bond donors (Lipinski definition) is 1. The van der Waals surface area contributed by atoms with Gasteiger partial charge in [0, 0.05) is 16.3 Å². The summed E-state index contributed by atoms with van der Waals surface area (Å²) >= 11 is 11.9. The number of hydrogen-bond acceptors (Lipinski definition) is 6. The third-order valence-electron chi connectivity index (χ3n) is 4.72. The highest BCUT2D eigenvalue weighted by Gasteiger charge is 2.19. The van der Waals surface area contributed by atoms with Gasteiger partial charge < -0.3 is 14.2 Å². The van der Waals surface area contributed by atoms with Crippen molar-refractivity contribution < 1.29 is 27.4 Å². The maximum atomic E-state index is 12.6. The summed E-state index contributed by atoms with van der Waals surface area (Å²) in [6.07, 6.45) is 3.01. The fraction of sp³-hybridized carbons (Fsp3) is 0.125. The molecule has 0 fully saturated rings. The Balaban J connectivity index is 1.77. The van der Waals surface area contributed by atoms with Crippen molar-refractivity contribution in [3.05, 3.63) is 81.8 Å². The zero-order valence-electron chi connectivity index (χ0n) is 18.5. The van der Waals surface area contributed by atoms with Gasteiger partial charge in [-0.3, -0.25) is 9.52 Å². The van der Waals surface area contributed by atoms with E-state index in [1.165, 1.54) is 69.9 Å². The second-order valence-electron chi connectivity index (χ2n) is 6.91. The normalized spacial score (nSPS) is 11.3. The van der Waals surface area contributed by atoms with Crippen LogP contribution < -0.4 is 18.9 Å². The molecular formula is C24H21Cl2NO6S. The molecule has 3 aromatic carbocycles. The maximum absolute atomic E-state index is 12.6. The number of methoxy groups -OCH3 is 3. The van der Waals surface area contributed by atoms with Crippen molar-refractivity contribution in [1.82, 2.24) is 0 Å². The Morgan fingerprint density at radius 3 is 2.06 bits per heavy atom. The van der Waals surface area contributed by atoms with Crippen LogP contribution in [0.5, 0.6) is 17.2 Å². The topological polar surface area (TPSA) is 90.9 Å². The third kappa shape index (κ3) is 5.83. The standard InChI is InChI=1S/C24H21Cl2NO6S/c1-31-21-12-15(13-22(32-2)24(21)33-3)4-11-20(28)16-5-8-18(9-6-16)27-34(29,30)23-14-17(25)7-10-19(23)26/h4-14,27H,1-3H3/b11-4+. The van der Waals surface area contributed by atoms with Crippen LogP contribution in [-0.2, 0) is 10.0 Å². The molecule has 0 aliphatic rings. The van der Waals surface area contributed by atoms with Crippen molar-refractivity contribution in [2.24, 2.45) is 0 Å². The third-order valence-corrected chi connectivity index (χ3v) is 6.82. The number of sulfonamides is 1. The summed E-state index contributed by atoms with van der Waals surface area (Å²) in [5, 5.41) is 0.283. The summed E-state index contributed by atoms with van der Waals surface area (Å²) in [4.78, 5) is 12.5. The molecule has 1 N–H and O–H groups in total. The van der Waals surface area contributed by atoms with Crippen LogP contribution in [0.4, 0.5) is 5.69 Å². The van der Waals surface area contributed by atoms with E-state index in [4.69, 9.17) is 37.4 Å². The van der Waals surface area contributed by atoms with Gasteiger partial charge in [-0.05, 0) is 66.2 Å². The molecule has 0 atom stereocenters. The van der Waals surface area contributed by atoms with Gasteiger partial charge in [0.2, 0.25) is 5.75 Å². The molecule has 34 heavy (non-hydrogen) atoms. The largest absolute Gasteiger partial charge is 0.493 e. The molecule has 7 nitrogen and oxygen atoms in total. The van der Waals surface area contributed by atoms with Crippen LogP contribution in [0.25, 0.3) is 6.08 Å². The molecule has 0 bridgehead atoms. The second kappa shape index (κ2) is 10.8. The molecule has 0 aromatic heterocycles. The van der Waals surface area contributed by atoms with E-state index < -0.39 is 10.0 Å². The first-order valence-electron chi connectivity index (χ1n) is 9.79. The molecule has 0 radical (unpaired) electrons. The van der Waals surface area contributed by atoms with Gasteiger partial charge in [-0.2, -0.15) is 0 Å². The first-order valence-corrected chi connectivity index (χ1v) is 12.0. The number of ether oxygens (including phenoxy) is 3. The van der Waals surface area contributed by atoms with Crippen LogP contribution in [0, 0.1) is 0 Å². The van der Waals surface area contributed by atoms with Crippen molar-refractivity contribution in [2.45, 2.75) is 4.90 Å². The minimum Gasteiger partial charge on any atom is -0.493 e. The highest BCUT2D eigenvalue weighted by atomic mass is 35.5. The molecule has 3 rings (SSSR count). The van der Waals surface area contributed by atoms with Gasteiger partial charge in [0.25, 0.3) is 10.0 Å². The number of halogens is 2. The van der Waals surface area contributed by atoms with E-state index in [1.54, 1.807) is 18.2 Å². The Kier molecular flexibility index (Phi) is 8.09. The number of carbonyl (C=O) groups excluding carboxylic acids is 1.